The highest BCUT2D eigenvalue weighted by Gasteiger charge is 2.38. The monoisotopic (exact) mass is 583 g/mol. The number of aliphatic hydroxyl groups is 1. The van der Waals surface area contributed by atoms with Crippen LogP contribution in [0.2, 0.25) is 0 Å². The molecule has 2 aromatic carbocycles. The van der Waals surface area contributed by atoms with Gasteiger partial charge in [-0.15, -0.1) is 6.58 Å². The van der Waals surface area contributed by atoms with Gasteiger partial charge in [-0.1, -0.05) is 6.08 Å². The van der Waals surface area contributed by atoms with Gasteiger partial charge in [-0.2, -0.15) is 9.99 Å². The summed E-state index contributed by atoms with van der Waals surface area (Å²) in [6.45, 7) is 11.5. The average Bonchev–Trinajstić information content (AvgIpc) is 3.55. The number of alkyl halides is 1. The number of anilines is 5. The number of aromatic nitrogens is 4. The van der Waals surface area contributed by atoms with Crippen LogP contribution in [0.3, 0.4) is 0 Å². The Kier molecular flexibility index (Phi) is 7.46. The molecule has 224 valence electrons. The van der Waals surface area contributed by atoms with Crippen LogP contribution in [0.1, 0.15) is 25.1 Å². The fourth-order valence-corrected chi connectivity index (χ4v) is 6.98. The molecule has 4 aromatic rings. The fraction of sp³-hybridized carbons (Fsp3) is 0.406. The topological polar surface area (TPSA) is 88.8 Å². The number of hydrogen-bond donors (Lipinski definition) is 2. The minimum Gasteiger partial charge on any atom is -0.372 e. The standard InChI is InChI=1S/C32H38FN9O/c1-3-12-41-31(43)27-16-34-32(37-30(27)42(41)26-9-10-28-29(15-26)39(4-2)21-35-28)36-24-5-7-25(8-6-24)40-19-22-14-23(20-40)18-38(17-22)13-11-33/h3,5-10,15-16,21-23,31,43H,1,4,11-14,17-20H2,2H3,(H,34,36,37). The van der Waals surface area contributed by atoms with Crippen molar-refractivity contribution in [1.82, 2.24) is 29.4 Å². The normalized spacial score (nSPS) is 22.3. The average molecular weight is 584 g/mol. The molecule has 2 fully saturated rings. The van der Waals surface area contributed by atoms with E-state index >= 15 is 0 Å². The summed E-state index contributed by atoms with van der Waals surface area (Å²) in [5.41, 5.74) is 5.52. The van der Waals surface area contributed by atoms with Crippen molar-refractivity contribution in [3.8, 4) is 0 Å². The van der Waals surface area contributed by atoms with Gasteiger partial charge in [-0.05, 0) is 67.6 Å². The lowest BCUT2D eigenvalue weighted by Crippen LogP contribution is -2.53. The zero-order chi connectivity index (χ0) is 29.5. The first-order valence-corrected chi connectivity index (χ1v) is 15.1. The Balaban J connectivity index is 1.11. The van der Waals surface area contributed by atoms with Crippen LogP contribution in [0.5, 0.6) is 0 Å². The first-order chi connectivity index (χ1) is 21.0. The molecule has 0 radical (unpaired) electrons. The van der Waals surface area contributed by atoms with Gasteiger partial charge < -0.3 is 24.8 Å². The van der Waals surface area contributed by atoms with E-state index in [0.717, 1.165) is 55.1 Å². The van der Waals surface area contributed by atoms with E-state index in [4.69, 9.17) is 4.98 Å². The minimum atomic E-state index is -0.902. The van der Waals surface area contributed by atoms with Crippen molar-refractivity contribution in [3.05, 3.63) is 73.2 Å². The maximum absolute atomic E-state index is 12.9. The zero-order valence-electron chi connectivity index (χ0n) is 24.5. The van der Waals surface area contributed by atoms with Gasteiger partial charge in [0.05, 0.1) is 28.6 Å². The Hall–Kier alpha value is -4.06. The first kappa shape index (κ1) is 27.8. The molecule has 3 aliphatic rings. The molecule has 7 rings (SSSR count). The van der Waals surface area contributed by atoms with Gasteiger partial charge in [0, 0.05) is 63.4 Å². The number of nitrogens with one attached hydrogen (secondary N) is 1. The highest BCUT2D eigenvalue weighted by Crippen LogP contribution is 2.43. The number of halogens is 1. The number of benzene rings is 2. The molecule has 2 saturated heterocycles. The van der Waals surface area contributed by atoms with E-state index < -0.39 is 6.23 Å². The van der Waals surface area contributed by atoms with Gasteiger partial charge >= 0.3 is 0 Å². The third-order valence-corrected chi connectivity index (χ3v) is 8.87. The SMILES string of the molecule is C=CCN1C(O)c2cnc(Nc3ccc(N4CC5CC(CN(CCF)C5)C4)cc3)nc2N1c1ccc2ncn(CC)c2c1. The number of piperidine rings is 2. The predicted molar refractivity (Wildman–Crippen MR) is 167 cm³/mol. The maximum atomic E-state index is 12.9. The van der Waals surface area contributed by atoms with Crippen LogP contribution in [0.15, 0.2) is 67.6 Å². The lowest BCUT2D eigenvalue weighted by molar-refractivity contribution is 0.0251. The molecule has 3 aliphatic heterocycles. The molecule has 5 heterocycles. The summed E-state index contributed by atoms with van der Waals surface area (Å²) in [4.78, 5) is 18.7. The number of hydrogen-bond acceptors (Lipinski definition) is 9. The quantitative estimate of drug-likeness (QED) is 0.268. The predicted octanol–water partition coefficient (Wildman–Crippen LogP) is 4.86. The highest BCUT2D eigenvalue weighted by atomic mass is 19.1. The molecule has 0 spiro atoms. The van der Waals surface area contributed by atoms with Crippen LogP contribution < -0.4 is 15.2 Å². The molecule has 0 saturated carbocycles. The molecule has 2 aromatic heterocycles. The number of rotatable bonds is 9. The smallest absolute Gasteiger partial charge is 0.229 e. The fourth-order valence-electron chi connectivity index (χ4n) is 6.98. The van der Waals surface area contributed by atoms with Crippen molar-refractivity contribution in [2.75, 3.05) is 61.2 Å². The molecule has 3 atom stereocenters. The Bertz CT molecular complexity index is 1590. The largest absolute Gasteiger partial charge is 0.372 e. The van der Waals surface area contributed by atoms with Crippen LogP contribution in [0.4, 0.5) is 33.2 Å². The Morgan fingerprint density at radius 3 is 2.53 bits per heavy atom. The third-order valence-electron chi connectivity index (χ3n) is 8.87. The number of likely N-dealkylation sites (tertiary alicyclic amines) is 1. The first-order valence-electron chi connectivity index (χ1n) is 15.1. The van der Waals surface area contributed by atoms with E-state index in [0.29, 0.717) is 42.3 Å². The van der Waals surface area contributed by atoms with E-state index in [-0.39, 0.29) is 6.67 Å². The van der Waals surface area contributed by atoms with E-state index in [9.17, 15) is 9.50 Å². The van der Waals surface area contributed by atoms with E-state index in [2.05, 4.69) is 73.5 Å². The lowest BCUT2D eigenvalue weighted by Gasteiger charge is -2.46. The number of aliphatic hydroxyl groups excluding tert-OH is 1. The highest BCUT2D eigenvalue weighted by molar-refractivity contribution is 5.82. The number of fused-ring (bicyclic) bond motifs is 4. The molecular weight excluding hydrogens is 545 g/mol. The summed E-state index contributed by atoms with van der Waals surface area (Å²) in [6, 6.07) is 14.5. The summed E-state index contributed by atoms with van der Waals surface area (Å²) < 4.78 is 15.0. The van der Waals surface area contributed by atoms with Gasteiger partial charge in [0.2, 0.25) is 5.95 Å². The van der Waals surface area contributed by atoms with Gasteiger partial charge in [0.25, 0.3) is 0 Å². The van der Waals surface area contributed by atoms with Crippen LogP contribution >= 0.6 is 0 Å². The van der Waals surface area contributed by atoms with E-state index in [1.807, 2.05) is 28.5 Å². The van der Waals surface area contributed by atoms with Crippen molar-refractivity contribution in [2.45, 2.75) is 26.1 Å². The summed E-state index contributed by atoms with van der Waals surface area (Å²) in [5.74, 6) is 2.23. The van der Waals surface area contributed by atoms with Crippen molar-refractivity contribution in [3.63, 3.8) is 0 Å². The molecule has 43 heavy (non-hydrogen) atoms. The van der Waals surface area contributed by atoms with E-state index in [1.165, 1.54) is 12.1 Å². The summed E-state index contributed by atoms with van der Waals surface area (Å²) in [5, 5.41) is 18.3. The van der Waals surface area contributed by atoms with Crippen LogP contribution in [-0.4, -0.2) is 80.5 Å². The molecular formula is C32H38FN9O. The Morgan fingerprint density at radius 1 is 1.05 bits per heavy atom. The molecule has 3 unspecified atom stereocenters. The second-order valence-electron chi connectivity index (χ2n) is 11.8. The van der Waals surface area contributed by atoms with Crippen molar-refractivity contribution >= 4 is 39.9 Å². The van der Waals surface area contributed by atoms with Crippen molar-refractivity contribution in [1.29, 1.82) is 0 Å². The summed E-state index contributed by atoms with van der Waals surface area (Å²) in [7, 11) is 0. The van der Waals surface area contributed by atoms with Gasteiger partial charge in [0.1, 0.15) is 6.67 Å². The van der Waals surface area contributed by atoms with Crippen LogP contribution in [-0.2, 0) is 6.54 Å². The lowest BCUT2D eigenvalue weighted by atomic mass is 9.84. The number of aryl methyl sites for hydroxylation is 1. The van der Waals surface area contributed by atoms with Gasteiger partial charge in [-0.25, -0.2) is 14.4 Å². The van der Waals surface area contributed by atoms with Crippen molar-refractivity contribution in [2.24, 2.45) is 11.8 Å². The molecule has 2 N–H and O–H groups in total. The van der Waals surface area contributed by atoms with Gasteiger partial charge in [-0.3, -0.25) is 5.01 Å². The minimum absolute atomic E-state index is 0.265. The molecule has 10 nitrogen and oxygen atoms in total. The summed E-state index contributed by atoms with van der Waals surface area (Å²) in [6.07, 6.45) is 5.63. The maximum Gasteiger partial charge on any atom is 0.229 e. The number of nitrogens with zero attached hydrogens (tertiary/aromatic N) is 8. The molecule has 11 heteroatoms. The Labute approximate surface area is 251 Å². The van der Waals surface area contributed by atoms with Crippen LogP contribution in [0.25, 0.3) is 11.0 Å². The second kappa shape index (κ2) is 11.6. The number of imidazole rings is 1. The second-order valence-corrected chi connectivity index (χ2v) is 11.8. The van der Waals surface area contributed by atoms with Gasteiger partial charge in [0.15, 0.2) is 12.0 Å². The third kappa shape index (κ3) is 5.21. The molecule has 0 amide bonds. The zero-order valence-corrected chi connectivity index (χ0v) is 24.5. The summed E-state index contributed by atoms with van der Waals surface area (Å²) >= 11 is 0. The molecule has 0 aliphatic carbocycles. The van der Waals surface area contributed by atoms with Crippen molar-refractivity contribution < 1.29 is 9.50 Å². The number of hydrazine groups is 1. The van der Waals surface area contributed by atoms with Crippen LogP contribution in [0, 0.1) is 11.8 Å². The molecule has 2 bridgehead atoms. The van der Waals surface area contributed by atoms with E-state index in [1.54, 1.807) is 12.3 Å². The Morgan fingerprint density at radius 2 is 1.81 bits per heavy atom.